The summed E-state index contributed by atoms with van der Waals surface area (Å²) in [6.07, 6.45) is 4.46. The molecule has 3 rings (SSSR count). The first kappa shape index (κ1) is 19.9. The molecular weight excluding hydrogens is 350 g/mol. The molecule has 0 saturated carbocycles. The van der Waals surface area contributed by atoms with Crippen LogP contribution in [0.2, 0.25) is 0 Å². The lowest BCUT2D eigenvalue weighted by Gasteiger charge is -2.41. The second-order valence-electron chi connectivity index (χ2n) is 7.91. The van der Waals surface area contributed by atoms with E-state index in [9.17, 15) is 18.4 Å². The first-order valence-electron chi connectivity index (χ1n) is 9.90. The number of hydrogen-bond donors (Lipinski definition) is 0. The van der Waals surface area contributed by atoms with Crippen molar-refractivity contribution in [2.75, 3.05) is 13.1 Å². The average Bonchev–Trinajstić information content (AvgIpc) is 2.98. The molecule has 0 N–H and O–H groups in total. The van der Waals surface area contributed by atoms with Gasteiger partial charge in [-0.1, -0.05) is 0 Å². The third kappa shape index (κ3) is 4.54. The van der Waals surface area contributed by atoms with Crippen molar-refractivity contribution in [1.29, 1.82) is 0 Å². The highest BCUT2D eigenvalue weighted by Crippen LogP contribution is 2.30. The number of amides is 1. The fourth-order valence-electron chi connectivity index (χ4n) is 4.59. The zero-order valence-corrected chi connectivity index (χ0v) is 16.1. The number of piperidine rings is 1. The van der Waals surface area contributed by atoms with Crippen LogP contribution in [0.1, 0.15) is 62.7 Å². The highest BCUT2D eigenvalue weighted by atomic mass is 19.1. The number of benzene rings is 1. The molecule has 1 amide bonds. The molecule has 2 aliphatic heterocycles. The highest BCUT2D eigenvalue weighted by molar-refractivity contribution is 5.98. The van der Waals surface area contributed by atoms with Crippen LogP contribution in [-0.4, -0.2) is 52.7 Å². The van der Waals surface area contributed by atoms with Crippen LogP contribution in [0.4, 0.5) is 8.78 Å². The lowest BCUT2D eigenvalue weighted by Crippen LogP contribution is -2.52. The molecule has 0 bridgehead atoms. The van der Waals surface area contributed by atoms with Gasteiger partial charge in [0.25, 0.3) is 0 Å². The summed E-state index contributed by atoms with van der Waals surface area (Å²) >= 11 is 0. The van der Waals surface area contributed by atoms with Gasteiger partial charge in [0.05, 0.1) is 5.56 Å². The summed E-state index contributed by atoms with van der Waals surface area (Å²) in [5, 5.41) is 0. The molecule has 0 spiro atoms. The Morgan fingerprint density at radius 2 is 1.78 bits per heavy atom. The van der Waals surface area contributed by atoms with Gasteiger partial charge in [-0.15, -0.1) is 0 Å². The monoisotopic (exact) mass is 378 g/mol. The van der Waals surface area contributed by atoms with Crippen LogP contribution in [0, 0.1) is 11.6 Å². The van der Waals surface area contributed by atoms with Gasteiger partial charge in [0.2, 0.25) is 5.91 Å². The molecule has 4 nitrogen and oxygen atoms in total. The Balaban J connectivity index is 1.55. The number of ketones is 1. The Morgan fingerprint density at radius 3 is 2.44 bits per heavy atom. The molecule has 1 aromatic carbocycles. The maximum absolute atomic E-state index is 13.7. The predicted octanol–water partition coefficient (Wildman–Crippen LogP) is 3.79. The Kier molecular flexibility index (Phi) is 6.25. The first-order valence-corrected chi connectivity index (χ1v) is 9.90. The fraction of sp³-hybridized carbons (Fsp3) is 0.619. The van der Waals surface area contributed by atoms with Crippen molar-refractivity contribution >= 4 is 11.7 Å². The van der Waals surface area contributed by atoms with E-state index in [2.05, 4.69) is 18.7 Å². The summed E-state index contributed by atoms with van der Waals surface area (Å²) in [7, 11) is 0. The normalized spacial score (nSPS) is 26.4. The van der Waals surface area contributed by atoms with Gasteiger partial charge in [-0.2, -0.15) is 0 Å². The van der Waals surface area contributed by atoms with Gasteiger partial charge in [-0.05, 0) is 51.7 Å². The van der Waals surface area contributed by atoms with Gasteiger partial charge in [0, 0.05) is 50.1 Å². The number of carbonyl (C=O) groups excluding carboxylic acids is 2. The molecule has 148 valence electrons. The number of nitrogens with zero attached hydrogens (tertiary/aromatic N) is 2. The molecular formula is C21H28F2N2O2. The minimum Gasteiger partial charge on any atom is -0.341 e. The molecule has 1 aromatic rings. The zero-order chi connectivity index (χ0) is 19.6. The smallest absolute Gasteiger partial charge is 0.223 e. The van der Waals surface area contributed by atoms with Crippen molar-refractivity contribution in [3.05, 3.63) is 35.4 Å². The van der Waals surface area contributed by atoms with Crippen molar-refractivity contribution in [1.82, 2.24) is 9.80 Å². The maximum Gasteiger partial charge on any atom is 0.223 e. The van der Waals surface area contributed by atoms with E-state index < -0.39 is 17.4 Å². The van der Waals surface area contributed by atoms with Crippen LogP contribution in [0.15, 0.2) is 18.2 Å². The molecule has 2 heterocycles. The summed E-state index contributed by atoms with van der Waals surface area (Å²) in [6, 6.07) is 4.37. The van der Waals surface area contributed by atoms with Crippen LogP contribution in [0.5, 0.6) is 0 Å². The second kappa shape index (κ2) is 8.46. The minimum atomic E-state index is -0.873. The summed E-state index contributed by atoms with van der Waals surface area (Å²) in [5.41, 5.74) is -0.152. The largest absolute Gasteiger partial charge is 0.341 e. The van der Waals surface area contributed by atoms with E-state index in [4.69, 9.17) is 0 Å². The number of likely N-dealkylation sites (tertiary alicyclic amines) is 2. The molecule has 27 heavy (non-hydrogen) atoms. The van der Waals surface area contributed by atoms with Crippen molar-refractivity contribution in [2.45, 2.75) is 70.5 Å². The van der Waals surface area contributed by atoms with Crippen molar-refractivity contribution in [3.63, 3.8) is 0 Å². The molecule has 3 atom stereocenters. The van der Waals surface area contributed by atoms with E-state index in [-0.39, 0.29) is 24.3 Å². The van der Waals surface area contributed by atoms with Crippen LogP contribution in [0.25, 0.3) is 0 Å². The number of rotatable bonds is 5. The van der Waals surface area contributed by atoms with Gasteiger partial charge in [-0.3, -0.25) is 14.5 Å². The molecule has 0 aliphatic carbocycles. The van der Waals surface area contributed by atoms with Gasteiger partial charge in [0.15, 0.2) is 5.78 Å². The molecule has 6 heteroatoms. The quantitative estimate of drug-likeness (QED) is 0.732. The highest BCUT2D eigenvalue weighted by Gasteiger charge is 2.36. The van der Waals surface area contributed by atoms with Gasteiger partial charge >= 0.3 is 0 Å². The van der Waals surface area contributed by atoms with E-state index >= 15 is 0 Å². The van der Waals surface area contributed by atoms with E-state index in [1.807, 2.05) is 4.90 Å². The van der Waals surface area contributed by atoms with Crippen molar-refractivity contribution in [2.24, 2.45) is 0 Å². The van der Waals surface area contributed by atoms with Crippen LogP contribution in [0.3, 0.4) is 0 Å². The lowest BCUT2D eigenvalue weighted by molar-refractivity contribution is -0.133. The fourth-order valence-corrected chi connectivity index (χ4v) is 4.59. The van der Waals surface area contributed by atoms with E-state index in [1.165, 1.54) is 12.8 Å². The summed E-state index contributed by atoms with van der Waals surface area (Å²) < 4.78 is 26.7. The predicted molar refractivity (Wildman–Crippen MR) is 99.5 cm³/mol. The standard InChI is InChI=1S/C21H28F2N2O2/c1-14-5-6-15(2)25(14)17-4-3-11-24(13-17)21(27)10-9-20(26)18-8-7-16(22)12-19(18)23/h7-8,12,14-15,17H,3-6,9-11,13H2,1-2H3/t14-,15+,17-/m0/s1. The second-order valence-corrected chi connectivity index (χ2v) is 7.91. The number of hydrogen-bond acceptors (Lipinski definition) is 3. The first-order chi connectivity index (χ1) is 12.9. The Bertz CT molecular complexity index is 699. The topological polar surface area (TPSA) is 40.6 Å². The molecule has 2 fully saturated rings. The molecule has 2 saturated heterocycles. The Hall–Kier alpha value is -1.82. The van der Waals surface area contributed by atoms with E-state index in [0.717, 1.165) is 25.0 Å². The van der Waals surface area contributed by atoms with Crippen molar-refractivity contribution < 1.29 is 18.4 Å². The lowest BCUT2D eigenvalue weighted by atomic mass is 10.0. The summed E-state index contributed by atoms with van der Waals surface area (Å²) in [5.74, 6) is -2.11. The van der Waals surface area contributed by atoms with Crippen LogP contribution in [-0.2, 0) is 4.79 Å². The van der Waals surface area contributed by atoms with Crippen LogP contribution < -0.4 is 0 Å². The maximum atomic E-state index is 13.7. The number of carbonyl (C=O) groups is 2. The Labute approximate surface area is 159 Å². The number of halogens is 2. The molecule has 2 aliphatic rings. The zero-order valence-electron chi connectivity index (χ0n) is 16.1. The van der Waals surface area contributed by atoms with E-state index in [1.54, 1.807) is 0 Å². The van der Waals surface area contributed by atoms with Crippen LogP contribution >= 0.6 is 0 Å². The molecule has 0 radical (unpaired) electrons. The summed E-state index contributed by atoms with van der Waals surface area (Å²) in [6.45, 7) is 5.91. The molecule has 0 aromatic heterocycles. The number of Topliss-reactive ketones (excluding diaryl/α,β-unsaturated/α-hetero) is 1. The Morgan fingerprint density at radius 1 is 1.07 bits per heavy atom. The summed E-state index contributed by atoms with van der Waals surface area (Å²) in [4.78, 5) is 29.2. The van der Waals surface area contributed by atoms with Gasteiger partial charge < -0.3 is 4.90 Å². The average molecular weight is 378 g/mol. The minimum absolute atomic E-state index is 0.0565. The van der Waals surface area contributed by atoms with E-state index in [0.29, 0.717) is 37.3 Å². The van der Waals surface area contributed by atoms with Gasteiger partial charge in [0.1, 0.15) is 11.6 Å². The molecule has 0 unspecified atom stereocenters. The van der Waals surface area contributed by atoms with Crippen molar-refractivity contribution in [3.8, 4) is 0 Å². The SMILES string of the molecule is C[C@@H]1CC[C@H](C)N1[C@H]1CCCN(C(=O)CCC(=O)c2ccc(F)cc2F)C1. The third-order valence-corrected chi connectivity index (χ3v) is 5.99. The third-order valence-electron chi connectivity index (χ3n) is 5.99. The van der Waals surface area contributed by atoms with Gasteiger partial charge in [-0.25, -0.2) is 8.78 Å².